The average molecular weight is 307 g/mol. The molecule has 0 heterocycles. The number of allylic oxidation sites excluding steroid dienone is 6. The number of carbonyl (C=O) groups is 1. The van der Waals surface area contributed by atoms with Crippen molar-refractivity contribution in [3.05, 3.63) is 91.1 Å². The quantitative estimate of drug-likeness (QED) is 0.345. The fraction of sp³-hybridized carbons (Fsp3) is 0.100. The Morgan fingerprint density at radius 1 is 1.22 bits per heavy atom. The molecule has 0 bridgehead atoms. The average Bonchev–Trinajstić information content (AvgIpc) is 2.61. The highest BCUT2D eigenvalue weighted by atomic mass is 16.5. The number of hydrogen-bond donors (Lipinski definition) is 0. The van der Waals surface area contributed by atoms with Crippen LogP contribution in [0, 0.1) is 11.3 Å². The van der Waals surface area contributed by atoms with Crippen LogP contribution < -0.4 is 0 Å². The molecule has 3 nitrogen and oxygen atoms in total. The molecule has 0 aliphatic heterocycles. The van der Waals surface area contributed by atoms with Gasteiger partial charge in [-0.3, -0.25) is 0 Å². The molecule has 0 amide bonds. The standard InChI is InChI=1S/C17H18O2.C3H3N/c1-4-6-13-15(14-11-8-7-9-12-14)16(10-5-2)17(18)19-3;1-2-3-4/h4-13H,1H2,2-3H3;2H,1H2. The van der Waals surface area contributed by atoms with E-state index in [0.29, 0.717) is 5.57 Å². The van der Waals surface area contributed by atoms with Gasteiger partial charge < -0.3 is 4.74 Å². The van der Waals surface area contributed by atoms with E-state index >= 15 is 0 Å². The van der Waals surface area contributed by atoms with Crippen molar-refractivity contribution in [3.8, 4) is 6.07 Å². The first kappa shape index (κ1) is 19.9. The maximum atomic E-state index is 11.9. The lowest BCUT2D eigenvalue weighted by atomic mass is 9.99. The number of methoxy groups -OCH3 is 1. The van der Waals surface area contributed by atoms with E-state index < -0.39 is 0 Å². The van der Waals surface area contributed by atoms with Gasteiger partial charge in [0.2, 0.25) is 0 Å². The summed E-state index contributed by atoms with van der Waals surface area (Å²) in [6.07, 6.45) is 10.1. The Bertz CT molecular complexity index is 644. The molecule has 0 spiro atoms. The molecule has 0 saturated heterocycles. The van der Waals surface area contributed by atoms with Crippen LogP contribution in [0.15, 0.2) is 85.5 Å². The second-order valence-electron chi connectivity index (χ2n) is 4.11. The van der Waals surface area contributed by atoms with Gasteiger partial charge >= 0.3 is 5.97 Å². The molecule has 0 radical (unpaired) electrons. The number of rotatable bonds is 5. The second kappa shape index (κ2) is 12.6. The third-order valence-electron chi connectivity index (χ3n) is 2.60. The van der Waals surface area contributed by atoms with E-state index in [1.807, 2.05) is 49.4 Å². The molecule has 0 N–H and O–H groups in total. The van der Waals surface area contributed by atoms with E-state index in [4.69, 9.17) is 10.00 Å². The maximum Gasteiger partial charge on any atom is 0.338 e. The van der Waals surface area contributed by atoms with Gasteiger partial charge in [0, 0.05) is 6.08 Å². The molecule has 3 heteroatoms. The molecule has 23 heavy (non-hydrogen) atoms. The van der Waals surface area contributed by atoms with Gasteiger partial charge in [-0.2, -0.15) is 5.26 Å². The highest BCUT2D eigenvalue weighted by Crippen LogP contribution is 2.22. The largest absolute Gasteiger partial charge is 0.465 e. The molecular weight excluding hydrogens is 286 g/mol. The molecular formula is C20H21NO2. The number of hydrogen-bond acceptors (Lipinski definition) is 3. The minimum absolute atomic E-state index is 0.356. The molecule has 0 fully saturated rings. The summed E-state index contributed by atoms with van der Waals surface area (Å²) in [4.78, 5) is 11.9. The summed E-state index contributed by atoms with van der Waals surface area (Å²) in [7, 11) is 1.38. The third-order valence-corrected chi connectivity index (χ3v) is 2.60. The van der Waals surface area contributed by atoms with Crippen LogP contribution in [-0.2, 0) is 9.53 Å². The van der Waals surface area contributed by atoms with Crippen LogP contribution in [0.25, 0.3) is 5.57 Å². The second-order valence-corrected chi connectivity index (χ2v) is 4.11. The Morgan fingerprint density at radius 2 is 1.83 bits per heavy atom. The Balaban J connectivity index is 0.00000108. The van der Waals surface area contributed by atoms with Gasteiger partial charge in [-0.05, 0) is 18.1 Å². The van der Waals surface area contributed by atoms with Crippen molar-refractivity contribution in [3.63, 3.8) is 0 Å². The van der Waals surface area contributed by atoms with Crippen molar-refractivity contribution >= 4 is 11.5 Å². The van der Waals surface area contributed by atoms with Crippen LogP contribution in [0.3, 0.4) is 0 Å². The Kier molecular flexibility index (Phi) is 10.9. The van der Waals surface area contributed by atoms with Crippen LogP contribution in [-0.4, -0.2) is 13.1 Å². The van der Waals surface area contributed by atoms with Gasteiger partial charge in [0.15, 0.2) is 0 Å². The Hall–Kier alpha value is -3.12. The number of carbonyl (C=O) groups excluding carboxylic acids is 1. The molecule has 118 valence electrons. The molecule has 1 aromatic rings. The minimum atomic E-state index is -0.356. The van der Waals surface area contributed by atoms with Gasteiger partial charge in [0.25, 0.3) is 0 Å². The van der Waals surface area contributed by atoms with Crippen LogP contribution in [0.1, 0.15) is 12.5 Å². The van der Waals surface area contributed by atoms with E-state index in [1.165, 1.54) is 13.2 Å². The highest BCUT2D eigenvalue weighted by Gasteiger charge is 2.12. The van der Waals surface area contributed by atoms with Gasteiger partial charge in [0.1, 0.15) is 0 Å². The molecule has 0 aromatic heterocycles. The summed E-state index contributed by atoms with van der Waals surface area (Å²) in [5.74, 6) is -0.356. The monoisotopic (exact) mass is 307 g/mol. The van der Waals surface area contributed by atoms with Gasteiger partial charge in [-0.15, -0.1) is 0 Å². The lowest BCUT2D eigenvalue weighted by Crippen LogP contribution is -2.05. The zero-order valence-corrected chi connectivity index (χ0v) is 13.5. The van der Waals surface area contributed by atoms with Gasteiger partial charge in [-0.25, -0.2) is 4.79 Å². The lowest BCUT2D eigenvalue weighted by molar-refractivity contribution is -0.135. The fourth-order valence-electron chi connectivity index (χ4n) is 1.67. The zero-order chi connectivity index (χ0) is 17.5. The van der Waals surface area contributed by atoms with Crippen molar-refractivity contribution in [2.24, 2.45) is 0 Å². The Labute approximate surface area is 138 Å². The number of benzene rings is 1. The molecule has 1 aromatic carbocycles. The molecule has 0 saturated carbocycles. The number of nitriles is 1. The number of nitrogens with zero attached hydrogens (tertiary/aromatic N) is 1. The van der Waals surface area contributed by atoms with Crippen LogP contribution in [0.4, 0.5) is 0 Å². The van der Waals surface area contributed by atoms with Crippen LogP contribution >= 0.6 is 0 Å². The third kappa shape index (κ3) is 7.45. The van der Waals surface area contributed by atoms with Crippen LogP contribution in [0.2, 0.25) is 0 Å². The SMILES string of the molecule is C=CC#N.C=CC=CC(=C(C=CC)C(=O)OC)c1ccccc1. The van der Waals surface area contributed by atoms with E-state index in [1.54, 1.807) is 24.3 Å². The summed E-state index contributed by atoms with van der Waals surface area (Å²) < 4.78 is 4.84. The van der Waals surface area contributed by atoms with Crippen molar-refractivity contribution < 1.29 is 9.53 Å². The van der Waals surface area contributed by atoms with Crippen molar-refractivity contribution in [1.82, 2.24) is 0 Å². The van der Waals surface area contributed by atoms with Crippen molar-refractivity contribution in [1.29, 1.82) is 5.26 Å². The zero-order valence-electron chi connectivity index (χ0n) is 13.5. The van der Waals surface area contributed by atoms with E-state index in [2.05, 4.69) is 13.2 Å². The summed E-state index contributed by atoms with van der Waals surface area (Å²) in [6.45, 7) is 8.63. The molecule has 0 atom stereocenters. The summed E-state index contributed by atoms with van der Waals surface area (Å²) in [6, 6.07) is 11.4. The number of esters is 1. The maximum absolute atomic E-state index is 11.9. The first-order chi connectivity index (χ1) is 11.2. The van der Waals surface area contributed by atoms with E-state index in [9.17, 15) is 4.79 Å². The van der Waals surface area contributed by atoms with Gasteiger partial charge in [-0.1, -0.05) is 73.9 Å². The predicted octanol–water partition coefficient (Wildman–Crippen LogP) is 4.63. The molecule has 1 rings (SSSR count). The Morgan fingerprint density at radius 3 is 2.26 bits per heavy atom. The number of ether oxygens (including phenoxy) is 1. The molecule has 0 unspecified atom stereocenters. The smallest absolute Gasteiger partial charge is 0.338 e. The lowest BCUT2D eigenvalue weighted by Gasteiger charge is -2.08. The topological polar surface area (TPSA) is 50.1 Å². The fourth-order valence-corrected chi connectivity index (χ4v) is 1.67. The first-order valence-corrected chi connectivity index (χ1v) is 6.96. The minimum Gasteiger partial charge on any atom is -0.465 e. The summed E-state index contributed by atoms with van der Waals surface area (Å²) in [5.41, 5.74) is 2.29. The highest BCUT2D eigenvalue weighted by molar-refractivity contribution is 6.02. The van der Waals surface area contributed by atoms with Gasteiger partial charge in [0.05, 0.1) is 18.8 Å². The molecule has 0 aliphatic carbocycles. The van der Waals surface area contributed by atoms with Crippen LogP contribution in [0.5, 0.6) is 0 Å². The summed E-state index contributed by atoms with van der Waals surface area (Å²) >= 11 is 0. The molecule has 0 aliphatic rings. The van der Waals surface area contributed by atoms with E-state index in [-0.39, 0.29) is 5.97 Å². The predicted molar refractivity (Wildman–Crippen MR) is 95.3 cm³/mol. The van der Waals surface area contributed by atoms with Crippen molar-refractivity contribution in [2.45, 2.75) is 6.92 Å². The van der Waals surface area contributed by atoms with Crippen molar-refractivity contribution in [2.75, 3.05) is 7.11 Å². The van der Waals surface area contributed by atoms with E-state index in [0.717, 1.165) is 11.1 Å². The summed E-state index contributed by atoms with van der Waals surface area (Å²) in [5, 5.41) is 7.51. The first-order valence-electron chi connectivity index (χ1n) is 6.96. The normalized spacial score (nSPS) is 11.0.